The van der Waals surface area contributed by atoms with Crippen molar-refractivity contribution >= 4 is 52.4 Å². The van der Waals surface area contributed by atoms with E-state index in [-0.39, 0.29) is 38.0 Å². The van der Waals surface area contributed by atoms with E-state index in [1.54, 1.807) is 13.8 Å². The van der Waals surface area contributed by atoms with Crippen molar-refractivity contribution in [2.24, 2.45) is 0 Å². The highest BCUT2D eigenvalue weighted by atomic mass is 35.5. The normalized spacial score (nSPS) is 19.3. The highest BCUT2D eigenvalue weighted by Crippen LogP contribution is 2.54. The molecule has 1 heterocycles. The molecule has 0 saturated carbocycles. The van der Waals surface area contributed by atoms with Crippen molar-refractivity contribution < 1.29 is 19.0 Å². The number of fused-ring (bicyclic) bond motifs is 1. The van der Waals surface area contributed by atoms with Gasteiger partial charge in [-0.2, -0.15) is 0 Å². The third-order valence-corrected chi connectivity index (χ3v) is 4.93. The molecule has 0 saturated heterocycles. The lowest BCUT2D eigenvalue weighted by atomic mass is 9.97. The Balaban J connectivity index is 2.49. The van der Waals surface area contributed by atoms with Crippen molar-refractivity contribution in [2.75, 3.05) is 7.11 Å². The lowest BCUT2D eigenvalue weighted by molar-refractivity contribution is -0.146. The molecule has 0 amide bonds. The monoisotopic (exact) mass is 372 g/mol. The number of hydrogen-bond acceptors (Lipinski definition) is 4. The molecule has 116 valence electrons. The molecule has 0 aromatic heterocycles. The number of carbonyl (C=O) groups excluding carboxylic acids is 1. The van der Waals surface area contributed by atoms with E-state index in [4.69, 9.17) is 55.9 Å². The molecule has 1 aliphatic heterocycles. The summed E-state index contributed by atoms with van der Waals surface area (Å²) < 4.78 is 16.3. The van der Waals surface area contributed by atoms with Gasteiger partial charge in [-0.3, -0.25) is 4.79 Å². The molecular weight excluding hydrogens is 362 g/mol. The zero-order chi connectivity index (χ0) is 15.9. The van der Waals surface area contributed by atoms with Crippen LogP contribution in [0, 0.1) is 0 Å². The fraction of sp³-hybridized carbons (Fsp3) is 0.462. The van der Waals surface area contributed by atoms with Gasteiger partial charge in [-0.05, 0) is 13.8 Å². The molecule has 4 nitrogen and oxygen atoms in total. The second-order valence-electron chi connectivity index (χ2n) is 5.01. The largest absolute Gasteiger partial charge is 0.480 e. The van der Waals surface area contributed by atoms with Gasteiger partial charge in [0.15, 0.2) is 11.5 Å². The fourth-order valence-corrected chi connectivity index (χ4v) is 2.82. The van der Waals surface area contributed by atoms with Crippen LogP contribution >= 0.6 is 46.4 Å². The van der Waals surface area contributed by atoms with Crippen LogP contribution in [0.2, 0.25) is 20.1 Å². The summed E-state index contributed by atoms with van der Waals surface area (Å²) in [5, 5.41) is 0.368. The quantitative estimate of drug-likeness (QED) is 0.425. The van der Waals surface area contributed by atoms with E-state index in [1.165, 1.54) is 7.11 Å². The van der Waals surface area contributed by atoms with Crippen molar-refractivity contribution in [3.8, 4) is 11.5 Å². The maximum Gasteiger partial charge on any atom is 0.309 e. The Bertz CT molecular complexity index is 601. The molecular formula is C13H12Cl4O4. The van der Waals surface area contributed by atoms with Crippen molar-refractivity contribution in [1.29, 1.82) is 0 Å². The summed E-state index contributed by atoms with van der Waals surface area (Å²) in [5.74, 6) is -0.0473. The zero-order valence-electron chi connectivity index (χ0n) is 11.4. The molecule has 1 aromatic carbocycles. The first-order chi connectivity index (χ1) is 9.69. The van der Waals surface area contributed by atoms with E-state index in [1.807, 2.05) is 0 Å². The van der Waals surface area contributed by atoms with Gasteiger partial charge in [-0.15, -0.1) is 0 Å². The molecule has 1 atom stereocenters. The Morgan fingerprint density at radius 1 is 1.10 bits per heavy atom. The van der Waals surface area contributed by atoms with Gasteiger partial charge in [0, 0.05) is 0 Å². The van der Waals surface area contributed by atoms with Gasteiger partial charge in [-0.1, -0.05) is 46.4 Å². The van der Waals surface area contributed by atoms with Gasteiger partial charge >= 0.3 is 5.97 Å². The number of hydrogen-bond donors (Lipinski definition) is 0. The Labute approximate surface area is 142 Å². The van der Waals surface area contributed by atoms with Gasteiger partial charge in [0.2, 0.25) is 0 Å². The molecule has 0 spiro atoms. The number of esters is 1. The average Bonchev–Trinajstić information content (AvgIpc) is 2.44. The first kappa shape index (κ1) is 16.8. The van der Waals surface area contributed by atoms with Crippen LogP contribution in [0.5, 0.6) is 11.5 Å². The van der Waals surface area contributed by atoms with Crippen molar-refractivity contribution in [3.05, 3.63) is 20.1 Å². The van der Waals surface area contributed by atoms with Gasteiger partial charge in [0.05, 0.1) is 23.6 Å². The van der Waals surface area contributed by atoms with Gasteiger partial charge in [0.25, 0.3) is 0 Å². The summed E-state index contributed by atoms with van der Waals surface area (Å²) in [6, 6.07) is 0. The number of benzene rings is 1. The van der Waals surface area contributed by atoms with Gasteiger partial charge in [0.1, 0.15) is 21.8 Å². The molecule has 1 aliphatic rings. The first-order valence-electron chi connectivity index (χ1n) is 5.97. The highest BCUT2D eigenvalue weighted by molar-refractivity contribution is 6.53. The molecule has 1 unspecified atom stereocenters. The van der Waals surface area contributed by atoms with Gasteiger partial charge < -0.3 is 14.2 Å². The second-order valence-corrected chi connectivity index (χ2v) is 6.52. The van der Waals surface area contributed by atoms with E-state index in [0.29, 0.717) is 0 Å². The standard InChI is InChI=1S/C13H12Cl4O4/c1-13(2)5(4-6(18)19-3)20-11-9(16)7(14)8(15)10(17)12(11)21-13/h5H,4H2,1-3H3. The number of carbonyl (C=O) groups is 1. The van der Waals surface area contributed by atoms with Crippen LogP contribution in [0.3, 0.4) is 0 Å². The number of rotatable bonds is 2. The first-order valence-corrected chi connectivity index (χ1v) is 7.48. The predicted molar refractivity (Wildman–Crippen MR) is 82.2 cm³/mol. The zero-order valence-corrected chi connectivity index (χ0v) is 14.5. The van der Waals surface area contributed by atoms with Crippen molar-refractivity contribution in [3.63, 3.8) is 0 Å². The molecule has 1 aromatic rings. The van der Waals surface area contributed by atoms with Crippen LogP contribution in [0.4, 0.5) is 0 Å². The molecule has 0 fully saturated rings. The Hall–Kier alpha value is -0.550. The van der Waals surface area contributed by atoms with Crippen molar-refractivity contribution in [2.45, 2.75) is 32.0 Å². The van der Waals surface area contributed by atoms with Crippen LogP contribution in [0.1, 0.15) is 20.3 Å². The van der Waals surface area contributed by atoms with Crippen LogP contribution in [0.25, 0.3) is 0 Å². The maximum absolute atomic E-state index is 11.5. The van der Waals surface area contributed by atoms with E-state index in [2.05, 4.69) is 4.74 Å². The average molecular weight is 374 g/mol. The summed E-state index contributed by atoms with van der Waals surface area (Å²) in [4.78, 5) is 11.5. The summed E-state index contributed by atoms with van der Waals surface area (Å²) in [6.07, 6.45) is -0.611. The molecule has 2 rings (SSSR count). The summed E-state index contributed by atoms with van der Waals surface area (Å²) in [7, 11) is 1.30. The Morgan fingerprint density at radius 3 is 2.14 bits per heavy atom. The Morgan fingerprint density at radius 2 is 1.62 bits per heavy atom. The van der Waals surface area contributed by atoms with E-state index < -0.39 is 17.7 Å². The summed E-state index contributed by atoms with van der Waals surface area (Å²) in [6.45, 7) is 3.52. The number of ether oxygens (including phenoxy) is 3. The minimum absolute atomic E-state index is 0.00284. The highest BCUT2D eigenvalue weighted by Gasteiger charge is 2.43. The minimum Gasteiger partial charge on any atom is -0.480 e. The van der Waals surface area contributed by atoms with Gasteiger partial charge in [-0.25, -0.2) is 0 Å². The molecule has 8 heteroatoms. The maximum atomic E-state index is 11.5. The predicted octanol–water partition coefficient (Wildman–Crippen LogP) is 4.78. The lowest BCUT2D eigenvalue weighted by Gasteiger charge is -2.40. The van der Waals surface area contributed by atoms with Crippen LogP contribution in [0.15, 0.2) is 0 Å². The van der Waals surface area contributed by atoms with Crippen LogP contribution in [-0.2, 0) is 9.53 Å². The molecule has 21 heavy (non-hydrogen) atoms. The molecule has 0 radical (unpaired) electrons. The molecule has 0 bridgehead atoms. The van der Waals surface area contributed by atoms with E-state index in [0.717, 1.165) is 0 Å². The lowest BCUT2D eigenvalue weighted by Crippen LogP contribution is -2.49. The minimum atomic E-state index is -0.828. The second kappa shape index (κ2) is 5.92. The van der Waals surface area contributed by atoms with Crippen LogP contribution in [-0.4, -0.2) is 24.8 Å². The summed E-state index contributed by atoms with van der Waals surface area (Å²) >= 11 is 24.2. The van der Waals surface area contributed by atoms with Crippen LogP contribution < -0.4 is 9.47 Å². The number of halogens is 4. The topological polar surface area (TPSA) is 44.8 Å². The van der Waals surface area contributed by atoms with Crippen molar-refractivity contribution in [1.82, 2.24) is 0 Å². The summed E-state index contributed by atoms with van der Waals surface area (Å²) in [5.41, 5.74) is -0.828. The third kappa shape index (κ3) is 3.00. The Kier molecular flexibility index (Phi) is 4.74. The molecule has 0 N–H and O–H groups in total. The van der Waals surface area contributed by atoms with E-state index >= 15 is 0 Å². The SMILES string of the molecule is COC(=O)CC1Oc2c(Cl)c(Cl)c(Cl)c(Cl)c2OC1(C)C. The smallest absolute Gasteiger partial charge is 0.309 e. The van der Waals surface area contributed by atoms with E-state index in [9.17, 15) is 4.79 Å². The third-order valence-electron chi connectivity index (χ3n) is 3.16. The molecule has 0 aliphatic carbocycles. The number of methoxy groups -OCH3 is 1. The fourth-order valence-electron chi connectivity index (χ4n) is 1.92.